The number of nitrogens with zero attached hydrogens (tertiary/aromatic N) is 4. The lowest BCUT2D eigenvalue weighted by atomic mass is 9.96. The van der Waals surface area contributed by atoms with Crippen LogP contribution in [0.3, 0.4) is 0 Å². The highest BCUT2D eigenvalue weighted by Crippen LogP contribution is 2.33. The first-order valence-electron chi connectivity index (χ1n) is 10.4. The molecule has 4 heterocycles. The van der Waals surface area contributed by atoms with E-state index in [9.17, 15) is 14.4 Å². The summed E-state index contributed by atoms with van der Waals surface area (Å²) in [6.07, 6.45) is 4.78. The highest BCUT2D eigenvalue weighted by atomic mass is 16.7. The highest BCUT2D eigenvalue weighted by molar-refractivity contribution is 5.92. The number of likely N-dealkylation sites (tertiary alicyclic amines) is 1. The van der Waals surface area contributed by atoms with Crippen LogP contribution in [0, 0.1) is 0 Å². The third-order valence-electron chi connectivity index (χ3n) is 6.12. The Balaban J connectivity index is 1.26. The number of rotatable bonds is 3. The van der Waals surface area contributed by atoms with E-state index in [0.717, 1.165) is 23.0 Å². The van der Waals surface area contributed by atoms with Gasteiger partial charge in [-0.3, -0.25) is 18.7 Å². The highest BCUT2D eigenvalue weighted by Gasteiger charge is 2.26. The number of carbonyl (C=O) groups excluding carboxylic acids is 1. The second-order valence-corrected chi connectivity index (χ2v) is 8.07. The van der Waals surface area contributed by atoms with Gasteiger partial charge in [0, 0.05) is 39.2 Å². The summed E-state index contributed by atoms with van der Waals surface area (Å²) in [7, 11) is 3.05. The van der Waals surface area contributed by atoms with Gasteiger partial charge in [0.05, 0.1) is 0 Å². The second kappa shape index (κ2) is 7.70. The Kier molecular flexibility index (Phi) is 4.84. The maximum Gasteiger partial charge on any atom is 0.332 e. The summed E-state index contributed by atoms with van der Waals surface area (Å²) >= 11 is 0. The van der Waals surface area contributed by atoms with Gasteiger partial charge in [-0.15, -0.1) is 0 Å². The molecule has 1 aromatic carbocycles. The molecule has 2 aliphatic rings. The van der Waals surface area contributed by atoms with Crippen molar-refractivity contribution in [2.45, 2.75) is 18.8 Å². The molecule has 1 N–H and O–H groups in total. The van der Waals surface area contributed by atoms with Crippen LogP contribution in [0.15, 0.2) is 33.9 Å². The number of H-pyrrole nitrogens is 1. The fraction of sp³-hybridized carbons (Fsp3) is 0.364. The molecule has 1 amide bonds. The number of hydrogen-bond acceptors (Lipinski definition) is 6. The molecule has 0 bridgehead atoms. The van der Waals surface area contributed by atoms with Gasteiger partial charge in [-0.25, -0.2) is 9.78 Å². The number of ether oxygens (including phenoxy) is 2. The maximum atomic E-state index is 12.6. The Morgan fingerprint density at radius 2 is 1.88 bits per heavy atom. The van der Waals surface area contributed by atoms with E-state index in [1.165, 1.54) is 11.6 Å². The Bertz CT molecular complexity index is 1360. The zero-order chi connectivity index (χ0) is 22.4. The fourth-order valence-electron chi connectivity index (χ4n) is 4.20. The Labute approximate surface area is 182 Å². The summed E-state index contributed by atoms with van der Waals surface area (Å²) in [5.41, 5.74) is 0.762. The molecule has 3 aromatic rings. The van der Waals surface area contributed by atoms with Gasteiger partial charge in [0.2, 0.25) is 12.7 Å². The van der Waals surface area contributed by atoms with E-state index in [1.54, 1.807) is 24.1 Å². The number of amides is 1. The Morgan fingerprint density at radius 3 is 2.66 bits per heavy atom. The zero-order valence-corrected chi connectivity index (χ0v) is 17.8. The number of nitrogens with one attached hydrogen (secondary N) is 1. The smallest absolute Gasteiger partial charge is 0.332 e. The third-order valence-corrected chi connectivity index (χ3v) is 6.12. The zero-order valence-electron chi connectivity index (χ0n) is 17.8. The number of imidazole rings is 1. The van der Waals surface area contributed by atoms with Gasteiger partial charge >= 0.3 is 5.69 Å². The molecular formula is C22H23N5O5. The van der Waals surface area contributed by atoms with Crippen molar-refractivity contribution in [2.24, 2.45) is 14.1 Å². The summed E-state index contributed by atoms with van der Waals surface area (Å²) < 4.78 is 13.1. The molecule has 1 saturated heterocycles. The van der Waals surface area contributed by atoms with Gasteiger partial charge in [-0.1, -0.05) is 6.07 Å². The lowest BCUT2D eigenvalue weighted by Crippen LogP contribution is -2.37. The average Bonchev–Trinajstić information content (AvgIpc) is 3.47. The van der Waals surface area contributed by atoms with Gasteiger partial charge in [-0.2, -0.15) is 0 Å². The number of hydrogen-bond donors (Lipinski definition) is 1. The van der Waals surface area contributed by atoms with Gasteiger partial charge in [0.25, 0.3) is 5.56 Å². The summed E-state index contributed by atoms with van der Waals surface area (Å²) in [5.74, 6) is 2.10. The summed E-state index contributed by atoms with van der Waals surface area (Å²) in [6, 6.07) is 5.55. The first-order valence-corrected chi connectivity index (χ1v) is 10.4. The molecule has 32 heavy (non-hydrogen) atoms. The summed E-state index contributed by atoms with van der Waals surface area (Å²) in [6.45, 7) is 1.39. The Hall–Kier alpha value is -3.82. The quantitative estimate of drug-likeness (QED) is 0.615. The van der Waals surface area contributed by atoms with Crippen molar-refractivity contribution in [2.75, 3.05) is 19.9 Å². The second-order valence-electron chi connectivity index (χ2n) is 8.07. The minimum Gasteiger partial charge on any atom is -0.454 e. The minimum atomic E-state index is -0.407. The normalized spacial score (nSPS) is 16.4. The van der Waals surface area contributed by atoms with E-state index < -0.39 is 5.69 Å². The molecular weight excluding hydrogens is 414 g/mol. The predicted octanol–water partition coefficient (Wildman–Crippen LogP) is 1.11. The van der Waals surface area contributed by atoms with E-state index in [-0.39, 0.29) is 24.2 Å². The van der Waals surface area contributed by atoms with E-state index >= 15 is 0 Å². The van der Waals surface area contributed by atoms with Gasteiger partial charge in [0.1, 0.15) is 11.3 Å². The molecule has 0 radical (unpaired) electrons. The standard InChI is InChI=1S/C22H23N5O5/c1-25-20-18(21(29)26(2)22(25)30)23-19(24-20)14-7-9-27(10-8-14)17(28)6-4-13-3-5-15-16(11-13)32-12-31-15/h3-6,11,14H,7-10,12H2,1-2H3,(H,23,24)/b6-4+. The number of fused-ring (bicyclic) bond motifs is 2. The molecule has 2 aliphatic heterocycles. The largest absolute Gasteiger partial charge is 0.454 e. The molecule has 1 fully saturated rings. The van der Waals surface area contributed by atoms with Crippen LogP contribution >= 0.6 is 0 Å². The van der Waals surface area contributed by atoms with E-state index in [2.05, 4.69) is 9.97 Å². The van der Waals surface area contributed by atoms with Crippen molar-refractivity contribution in [3.8, 4) is 11.5 Å². The lowest BCUT2D eigenvalue weighted by molar-refractivity contribution is -0.127. The number of piperidine rings is 1. The molecule has 166 valence electrons. The molecule has 0 atom stereocenters. The van der Waals surface area contributed by atoms with Crippen molar-refractivity contribution in [1.29, 1.82) is 0 Å². The van der Waals surface area contributed by atoms with Crippen LogP contribution < -0.4 is 20.7 Å². The molecule has 0 aliphatic carbocycles. The molecule has 0 saturated carbocycles. The predicted molar refractivity (Wildman–Crippen MR) is 117 cm³/mol. The number of aryl methyl sites for hydroxylation is 1. The SMILES string of the molecule is Cn1c(=O)c2[nH]c(C3CCN(C(=O)/C=C/c4ccc5c(c4)OCO5)CC3)nc2n(C)c1=O. The number of aromatic amines is 1. The van der Waals surface area contributed by atoms with Crippen molar-refractivity contribution in [3.05, 3.63) is 56.5 Å². The number of aromatic nitrogens is 4. The van der Waals surface area contributed by atoms with Crippen molar-refractivity contribution >= 4 is 23.1 Å². The van der Waals surface area contributed by atoms with E-state index in [1.807, 2.05) is 18.2 Å². The number of carbonyl (C=O) groups is 1. The average molecular weight is 437 g/mol. The van der Waals surface area contributed by atoms with Crippen LogP contribution in [0.25, 0.3) is 17.2 Å². The molecule has 0 unspecified atom stereocenters. The van der Waals surface area contributed by atoms with Crippen LogP contribution in [-0.2, 0) is 18.9 Å². The van der Waals surface area contributed by atoms with Crippen molar-refractivity contribution < 1.29 is 14.3 Å². The van der Waals surface area contributed by atoms with E-state index in [0.29, 0.717) is 41.6 Å². The van der Waals surface area contributed by atoms with Crippen LogP contribution in [0.4, 0.5) is 0 Å². The van der Waals surface area contributed by atoms with Crippen molar-refractivity contribution in [1.82, 2.24) is 24.0 Å². The van der Waals surface area contributed by atoms with Crippen LogP contribution in [0.2, 0.25) is 0 Å². The Morgan fingerprint density at radius 1 is 1.12 bits per heavy atom. The van der Waals surface area contributed by atoms with Crippen molar-refractivity contribution in [3.63, 3.8) is 0 Å². The molecule has 2 aromatic heterocycles. The van der Waals surface area contributed by atoms with Crippen LogP contribution in [0.1, 0.15) is 30.1 Å². The van der Waals surface area contributed by atoms with Crippen LogP contribution in [-0.4, -0.2) is 49.8 Å². The van der Waals surface area contributed by atoms with Gasteiger partial charge in [0.15, 0.2) is 17.1 Å². The van der Waals surface area contributed by atoms with Crippen LogP contribution in [0.5, 0.6) is 11.5 Å². The fourth-order valence-corrected chi connectivity index (χ4v) is 4.20. The summed E-state index contributed by atoms with van der Waals surface area (Å²) in [4.78, 5) is 46.6. The maximum absolute atomic E-state index is 12.6. The summed E-state index contributed by atoms with van der Waals surface area (Å²) in [5, 5.41) is 0. The van der Waals surface area contributed by atoms with Gasteiger partial charge in [-0.05, 0) is 36.6 Å². The van der Waals surface area contributed by atoms with Gasteiger partial charge < -0.3 is 19.4 Å². The number of benzene rings is 1. The minimum absolute atomic E-state index is 0.0537. The first-order chi connectivity index (χ1) is 15.4. The van der Waals surface area contributed by atoms with E-state index in [4.69, 9.17) is 9.47 Å². The first kappa shape index (κ1) is 20.1. The molecule has 10 nitrogen and oxygen atoms in total. The lowest BCUT2D eigenvalue weighted by Gasteiger charge is -2.30. The molecule has 5 rings (SSSR count). The molecule has 10 heteroatoms. The topological polar surface area (TPSA) is 111 Å². The third kappa shape index (κ3) is 3.37. The monoisotopic (exact) mass is 437 g/mol. The molecule has 0 spiro atoms.